The first kappa shape index (κ1) is 29.3. The zero-order valence-corrected chi connectivity index (χ0v) is 22.5. The number of hydrogen-bond acceptors (Lipinski definition) is 1. The smallest absolute Gasteiger partial charge is 0.0704 e. The third-order valence-electron chi connectivity index (χ3n) is 6.00. The average Bonchev–Trinajstić information content (AvgIpc) is 3.29. The Morgan fingerprint density at radius 3 is 2.24 bits per heavy atom. The van der Waals surface area contributed by atoms with Gasteiger partial charge in [0.15, 0.2) is 0 Å². The van der Waals surface area contributed by atoms with Crippen molar-refractivity contribution in [3.05, 3.63) is 89.2 Å². The number of nitrogens with zero attached hydrogens (tertiary/aromatic N) is 1. The molecule has 0 atom stereocenters. The number of rotatable bonds is 5. The van der Waals surface area contributed by atoms with Crippen molar-refractivity contribution in [3.8, 4) is 11.1 Å². The zero-order chi connectivity index (χ0) is 24.5. The number of aliphatic imine (C=N–C) groups is 1. The Labute approximate surface area is 208 Å². The van der Waals surface area contributed by atoms with Crippen LogP contribution >= 0.6 is 0 Å². The molecule has 0 saturated heterocycles. The van der Waals surface area contributed by atoms with E-state index in [9.17, 15) is 0 Å². The summed E-state index contributed by atoms with van der Waals surface area (Å²) in [6, 6.07) is 13.7. The van der Waals surface area contributed by atoms with E-state index in [1.165, 1.54) is 58.4 Å². The number of benzene rings is 2. The molecular weight excluding hydrogens is 414 g/mol. The highest BCUT2D eigenvalue weighted by Gasteiger charge is 2.17. The molecule has 2 aromatic rings. The molecule has 1 aliphatic heterocycles. The normalized spacial score (nSPS) is 13.9. The maximum atomic E-state index is 4.96. The molecule has 0 spiro atoms. The van der Waals surface area contributed by atoms with E-state index >= 15 is 0 Å². The third kappa shape index (κ3) is 7.14. The molecule has 2 aromatic carbocycles. The topological polar surface area (TPSA) is 43.9 Å². The largest absolute Gasteiger partial charge is 0.412 e. The first-order valence-electron chi connectivity index (χ1n) is 12.8. The summed E-state index contributed by atoms with van der Waals surface area (Å²) in [5, 5.41) is 0. The molecule has 2 aliphatic rings. The molecule has 0 aromatic heterocycles. The van der Waals surface area contributed by atoms with Crippen LogP contribution in [-0.4, -0.2) is 11.2 Å². The summed E-state index contributed by atoms with van der Waals surface area (Å²) >= 11 is 0. The molecule has 0 saturated carbocycles. The Balaban J connectivity index is 0.00000110. The van der Waals surface area contributed by atoms with Crippen LogP contribution in [-0.2, 0) is 12.8 Å². The van der Waals surface area contributed by atoms with Gasteiger partial charge in [0.25, 0.3) is 0 Å². The molecule has 1 aliphatic carbocycles. The molecule has 2 nitrogen and oxygen atoms in total. The lowest BCUT2D eigenvalue weighted by Crippen LogP contribution is -2.09. The Morgan fingerprint density at radius 1 is 0.941 bits per heavy atom. The van der Waals surface area contributed by atoms with Gasteiger partial charge in [-0.25, -0.2) is 0 Å². The van der Waals surface area contributed by atoms with Crippen molar-refractivity contribution in [1.29, 1.82) is 0 Å². The molecule has 0 unspecified atom stereocenters. The molecule has 2 heteroatoms. The summed E-state index contributed by atoms with van der Waals surface area (Å²) in [4.78, 5) is 4.96. The first-order valence-corrected chi connectivity index (χ1v) is 12.8. The highest BCUT2D eigenvalue weighted by molar-refractivity contribution is 5.94. The van der Waals surface area contributed by atoms with E-state index in [-0.39, 0.29) is 5.48 Å². The summed E-state index contributed by atoms with van der Waals surface area (Å²) in [7, 11) is 0. The second kappa shape index (κ2) is 13.9. The summed E-state index contributed by atoms with van der Waals surface area (Å²) in [5.41, 5.74) is 12.3. The van der Waals surface area contributed by atoms with Crippen LogP contribution in [0.3, 0.4) is 0 Å². The lowest BCUT2D eigenvalue weighted by molar-refractivity contribution is 0.678. The quantitative estimate of drug-likeness (QED) is 0.429. The van der Waals surface area contributed by atoms with Crippen molar-refractivity contribution in [2.24, 2.45) is 10.9 Å². The van der Waals surface area contributed by atoms with Gasteiger partial charge < -0.3 is 5.48 Å². The summed E-state index contributed by atoms with van der Waals surface area (Å²) in [6.07, 6.45) is 7.70. The van der Waals surface area contributed by atoms with Gasteiger partial charge in [-0.2, -0.15) is 0 Å². The molecule has 184 valence electrons. The van der Waals surface area contributed by atoms with Crippen LogP contribution in [0.25, 0.3) is 16.7 Å². The van der Waals surface area contributed by atoms with Crippen molar-refractivity contribution >= 4 is 11.3 Å². The second-order valence-electron chi connectivity index (χ2n) is 8.99. The Bertz CT molecular complexity index is 1050. The molecule has 4 rings (SSSR count). The monoisotopic (exact) mass is 459 g/mol. The van der Waals surface area contributed by atoms with E-state index in [2.05, 4.69) is 76.4 Å². The molecule has 34 heavy (non-hydrogen) atoms. The van der Waals surface area contributed by atoms with Gasteiger partial charge in [0.2, 0.25) is 0 Å². The fourth-order valence-corrected chi connectivity index (χ4v) is 4.51. The minimum atomic E-state index is 0. The minimum Gasteiger partial charge on any atom is -0.412 e. The second-order valence-corrected chi connectivity index (χ2v) is 8.99. The highest BCUT2D eigenvalue weighted by atomic mass is 16.0. The average molecular weight is 460 g/mol. The maximum Gasteiger partial charge on any atom is 0.0704 e. The molecule has 0 fully saturated rings. The van der Waals surface area contributed by atoms with E-state index in [4.69, 9.17) is 4.99 Å². The van der Waals surface area contributed by atoms with Gasteiger partial charge in [0.05, 0.1) is 5.70 Å². The van der Waals surface area contributed by atoms with Crippen molar-refractivity contribution in [2.45, 2.75) is 80.6 Å². The fraction of sp³-hybridized carbons (Fsp3) is 0.406. The van der Waals surface area contributed by atoms with Crippen LogP contribution in [0.1, 0.15) is 83.1 Å². The van der Waals surface area contributed by atoms with E-state index in [1.807, 2.05) is 27.7 Å². The molecular formula is C32H45NO. The van der Waals surface area contributed by atoms with Gasteiger partial charge in [-0.15, -0.1) is 0 Å². The zero-order valence-electron chi connectivity index (χ0n) is 22.5. The highest BCUT2D eigenvalue weighted by Crippen LogP contribution is 2.34. The van der Waals surface area contributed by atoms with Crippen LogP contribution in [0.4, 0.5) is 0 Å². The molecule has 1 heterocycles. The van der Waals surface area contributed by atoms with Crippen molar-refractivity contribution in [2.75, 3.05) is 0 Å². The standard InChI is InChI=1S/C28H31N.2C2H6.H2O/c1-18(2)13-26-14-19(3)15-28(29-26)21(5)27-17-25(10-9-20(27)4)24-12-11-22-7-6-8-23(22)16-24;2*1-2;/h9-12,15-18H,3,5-8,13-14H2,1-2,4H3;2*1-2H3;1H2. The van der Waals surface area contributed by atoms with Crippen LogP contribution in [0.5, 0.6) is 0 Å². The lowest BCUT2D eigenvalue weighted by atomic mass is 9.91. The Kier molecular flexibility index (Phi) is 12.0. The maximum absolute atomic E-state index is 4.96. The van der Waals surface area contributed by atoms with Gasteiger partial charge in [-0.3, -0.25) is 4.99 Å². The van der Waals surface area contributed by atoms with Crippen LogP contribution in [0.2, 0.25) is 0 Å². The SMILES string of the molecule is C=C1C=C(C(=C)c2cc(-c3ccc4c(c3)CCC4)ccc2C)N=C(CC(C)C)C1.CC.CC.O. The Hall–Kier alpha value is -2.71. The molecule has 0 amide bonds. The predicted molar refractivity (Wildman–Crippen MR) is 153 cm³/mol. The molecule has 0 bridgehead atoms. The molecule has 0 radical (unpaired) electrons. The fourth-order valence-electron chi connectivity index (χ4n) is 4.51. The number of aryl methyl sites for hydroxylation is 3. The van der Waals surface area contributed by atoms with Gasteiger partial charge >= 0.3 is 0 Å². The van der Waals surface area contributed by atoms with Crippen molar-refractivity contribution in [1.82, 2.24) is 0 Å². The number of fused-ring (bicyclic) bond motifs is 1. The van der Waals surface area contributed by atoms with Crippen molar-refractivity contribution < 1.29 is 5.48 Å². The number of hydrogen-bond donors (Lipinski definition) is 0. The van der Waals surface area contributed by atoms with E-state index in [0.29, 0.717) is 5.92 Å². The lowest BCUT2D eigenvalue weighted by Gasteiger charge is -2.19. The summed E-state index contributed by atoms with van der Waals surface area (Å²) in [5.74, 6) is 0.596. The van der Waals surface area contributed by atoms with E-state index in [1.54, 1.807) is 0 Å². The van der Waals surface area contributed by atoms with Gasteiger partial charge in [-0.05, 0) is 89.6 Å². The third-order valence-corrected chi connectivity index (χ3v) is 6.00. The van der Waals surface area contributed by atoms with Gasteiger partial charge in [-0.1, -0.05) is 85.0 Å². The van der Waals surface area contributed by atoms with E-state index < -0.39 is 0 Å². The van der Waals surface area contributed by atoms with E-state index in [0.717, 1.165) is 29.7 Å². The first-order chi connectivity index (χ1) is 15.9. The summed E-state index contributed by atoms with van der Waals surface area (Å²) < 4.78 is 0. The molecule has 2 N–H and O–H groups in total. The van der Waals surface area contributed by atoms with Crippen LogP contribution in [0, 0.1) is 12.8 Å². The van der Waals surface area contributed by atoms with Crippen molar-refractivity contribution in [3.63, 3.8) is 0 Å². The predicted octanol–water partition coefficient (Wildman–Crippen LogP) is 8.72. The summed E-state index contributed by atoms with van der Waals surface area (Å²) in [6.45, 7) is 23.3. The van der Waals surface area contributed by atoms with Crippen LogP contribution in [0.15, 0.2) is 71.9 Å². The number of allylic oxidation sites excluding steroid dienone is 3. The van der Waals surface area contributed by atoms with Crippen LogP contribution < -0.4 is 0 Å². The minimum absolute atomic E-state index is 0. The Morgan fingerprint density at radius 2 is 1.56 bits per heavy atom. The van der Waals surface area contributed by atoms with Gasteiger partial charge in [0.1, 0.15) is 0 Å². The van der Waals surface area contributed by atoms with Gasteiger partial charge in [0, 0.05) is 17.7 Å².